The lowest BCUT2D eigenvalue weighted by Crippen LogP contribution is -2.14. The van der Waals surface area contributed by atoms with Crippen molar-refractivity contribution in [3.63, 3.8) is 0 Å². The number of ether oxygens (including phenoxy) is 4. The summed E-state index contributed by atoms with van der Waals surface area (Å²) >= 11 is 0. The van der Waals surface area contributed by atoms with E-state index in [1.54, 1.807) is 0 Å². The maximum Gasteiger partial charge on any atom is 0.0701 e. The molecule has 0 unspecified atom stereocenters. The predicted molar refractivity (Wildman–Crippen MR) is 118 cm³/mol. The molecule has 0 bridgehead atoms. The fourth-order valence-corrected chi connectivity index (χ4v) is 3.07. The molecule has 0 amide bonds. The second-order valence-electron chi connectivity index (χ2n) is 7.48. The average molecular weight is 404 g/mol. The smallest absolute Gasteiger partial charge is 0.0701 e. The lowest BCUT2D eigenvalue weighted by molar-refractivity contribution is -0.00135. The van der Waals surface area contributed by atoms with Crippen LogP contribution in [0.4, 0.5) is 0 Å². The van der Waals surface area contributed by atoms with Crippen LogP contribution in [0.5, 0.6) is 0 Å². The fourth-order valence-electron chi connectivity index (χ4n) is 3.07. The fraction of sp³-hybridized carbons (Fsp3) is 1.00. The summed E-state index contributed by atoms with van der Waals surface area (Å²) in [5.41, 5.74) is 5.33. The molecule has 0 spiro atoms. The summed E-state index contributed by atoms with van der Waals surface area (Å²) in [7, 11) is 0. The molecule has 0 saturated carbocycles. The minimum Gasteiger partial charge on any atom is -0.379 e. The minimum absolute atomic E-state index is 0.558. The summed E-state index contributed by atoms with van der Waals surface area (Å²) in [6.07, 6.45) is 18.0. The number of unbranched alkanes of at least 4 members (excludes halogenated alkanes) is 12. The molecule has 0 aromatic heterocycles. The second-order valence-corrected chi connectivity index (χ2v) is 7.48. The first-order valence-electron chi connectivity index (χ1n) is 11.9. The van der Waals surface area contributed by atoms with Gasteiger partial charge in [-0.1, -0.05) is 84.0 Å². The van der Waals surface area contributed by atoms with Crippen molar-refractivity contribution in [3.8, 4) is 0 Å². The van der Waals surface area contributed by atoms with Crippen LogP contribution in [0, 0.1) is 0 Å². The van der Waals surface area contributed by atoms with Gasteiger partial charge in [-0.05, 0) is 6.42 Å². The molecule has 0 fully saturated rings. The normalized spacial score (nSPS) is 11.4. The molecule has 0 rings (SSSR count). The van der Waals surface area contributed by atoms with Crippen LogP contribution in [0.25, 0.3) is 0 Å². The van der Waals surface area contributed by atoms with Crippen molar-refractivity contribution in [2.75, 3.05) is 59.4 Å². The Morgan fingerprint density at radius 3 is 1.11 bits per heavy atom. The van der Waals surface area contributed by atoms with Gasteiger partial charge in [0.25, 0.3) is 0 Å². The van der Waals surface area contributed by atoms with Crippen molar-refractivity contribution < 1.29 is 18.9 Å². The number of hydrogen-bond acceptors (Lipinski definition) is 5. The van der Waals surface area contributed by atoms with Crippen LogP contribution >= 0.6 is 0 Å². The third-order valence-corrected chi connectivity index (χ3v) is 4.77. The first kappa shape index (κ1) is 27.8. The van der Waals surface area contributed by atoms with Crippen molar-refractivity contribution in [2.45, 2.75) is 90.4 Å². The van der Waals surface area contributed by atoms with Crippen molar-refractivity contribution >= 4 is 0 Å². The molecule has 0 aliphatic carbocycles. The van der Waals surface area contributed by atoms with E-state index in [2.05, 4.69) is 6.92 Å². The Kier molecular flexibility index (Phi) is 26.6. The van der Waals surface area contributed by atoms with E-state index < -0.39 is 0 Å². The van der Waals surface area contributed by atoms with E-state index in [1.807, 2.05) is 0 Å². The van der Waals surface area contributed by atoms with E-state index in [0.717, 1.165) is 6.61 Å². The van der Waals surface area contributed by atoms with Crippen LogP contribution < -0.4 is 5.73 Å². The van der Waals surface area contributed by atoms with Crippen molar-refractivity contribution in [3.05, 3.63) is 0 Å². The SMILES string of the molecule is CCCCCCCCCCCCCCCOCCOCCOCCOCCN. The maximum absolute atomic E-state index is 5.61. The van der Waals surface area contributed by atoms with E-state index in [-0.39, 0.29) is 0 Å². The van der Waals surface area contributed by atoms with Crippen LogP contribution in [0.3, 0.4) is 0 Å². The molecule has 0 aliphatic heterocycles. The topological polar surface area (TPSA) is 62.9 Å². The molecule has 170 valence electrons. The average Bonchev–Trinajstić information content (AvgIpc) is 2.71. The summed E-state index contributed by atoms with van der Waals surface area (Å²) < 4.78 is 21.7. The third-order valence-electron chi connectivity index (χ3n) is 4.77. The van der Waals surface area contributed by atoms with Gasteiger partial charge in [-0.15, -0.1) is 0 Å². The van der Waals surface area contributed by atoms with Gasteiger partial charge in [0.1, 0.15) is 0 Å². The van der Waals surface area contributed by atoms with Crippen LogP contribution in [0.1, 0.15) is 90.4 Å². The van der Waals surface area contributed by atoms with Crippen molar-refractivity contribution in [1.82, 2.24) is 0 Å². The Balaban J connectivity index is 2.96. The summed E-state index contributed by atoms with van der Waals surface area (Å²) in [5.74, 6) is 0. The standard InChI is InChI=1S/C23H49NO4/c1-2-3-4-5-6-7-8-9-10-11-12-13-14-16-25-18-20-27-22-23-28-21-19-26-17-15-24/h2-24H2,1H3. The summed E-state index contributed by atoms with van der Waals surface area (Å²) in [6.45, 7) is 8.02. The van der Waals surface area contributed by atoms with Crippen molar-refractivity contribution in [1.29, 1.82) is 0 Å². The maximum atomic E-state index is 5.61. The Morgan fingerprint density at radius 2 is 0.714 bits per heavy atom. The molecule has 2 N–H and O–H groups in total. The monoisotopic (exact) mass is 403 g/mol. The van der Waals surface area contributed by atoms with Gasteiger partial charge in [0, 0.05) is 13.2 Å². The first-order chi connectivity index (χ1) is 13.9. The Labute approximate surface area is 175 Å². The highest BCUT2D eigenvalue weighted by Gasteiger charge is 1.95. The van der Waals surface area contributed by atoms with Gasteiger partial charge in [-0.3, -0.25) is 0 Å². The minimum atomic E-state index is 0.558. The van der Waals surface area contributed by atoms with Crippen LogP contribution in [0.2, 0.25) is 0 Å². The summed E-state index contributed by atoms with van der Waals surface area (Å²) in [6, 6.07) is 0. The van der Waals surface area contributed by atoms with E-state index in [4.69, 9.17) is 24.7 Å². The molecule has 0 aromatic carbocycles. The lowest BCUT2D eigenvalue weighted by atomic mass is 10.0. The van der Waals surface area contributed by atoms with Gasteiger partial charge >= 0.3 is 0 Å². The molecule has 0 aromatic rings. The molecule has 28 heavy (non-hydrogen) atoms. The molecule has 0 radical (unpaired) electrons. The van der Waals surface area contributed by atoms with Crippen LogP contribution in [-0.2, 0) is 18.9 Å². The van der Waals surface area contributed by atoms with E-state index in [9.17, 15) is 0 Å². The quantitative estimate of drug-likeness (QED) is 0.215. The van der Waals surface area contributed by atoms with Gasteiger partial charge in [0.2, 0.25) is 0 Å². The molecule has 5 nitrogen and oxygen atoms in total. The number of nitrogens with two attached hydrogens (primary N) is 1. The van der Waals surface area contributed by atoms with Gasteiger partial charge in [0.15, 0.2) is 0 Å². The molecule has 5 heteroatoms. The molecule has 0 heterocycles. The second kappa shape index (κ2) is 26.8. The van der Waals surface area contributed by atoms with Gasteiger partial charge in [-0.25, -0.2) is 0 Å². The number of rotatable bonds is 25. The Morgan fingerprint density at radius 1 is 0.393 bits per heavy atom. The molecule has 0 saturated heterocycles. The summed E-state index contributed by atoms with van der Waals surface area (Å²) in [5, 5.41) is 0. The Hall–Kier alpha value is -0.200. The molecular formula is C23H49NO4. The van der Waals surface area contributed by atoms with E-state index >= 15 is 0 Å². The zero-order chi connectivity index (χ0) is 20.4. The zero-order valence-corrected chi connectivity index (χ0v) is 18.8. The lowest BCUT2D eigenvalue weighted by Gasteiger charge is -2.07. The van der Waals surface area contributed by atoms with E-state index in [1.165, 1.54) is 83.5 Å². The van der Waals surface area contributed by atoms with Crippen molar-refractivity contribution in [2.24, 2.45) is 5.73 Å². The van der Waals surface area contributed by atoms with Crippen LogP contribution in [0.15, 0.2) is 0 Å². The highest BCUT2D eigenvalue weighted by molar-refractivity contribution is 4.49. The van der Waals surface area contributed by atoms with E-state index in [0.29, 0.717) is 52.8 Å². The molecule has 0 atom stereocenters. The van der Waals surface area contributed by atoms with Gasteiger partial charge < -0.3 is 24.7 Å². The zero-order valence-electron chi connectivity index (χ0n) is 18.8. The van der Waals surface area contributed by atoms with Gasteiger partial charge in [0.05, 0.1) is 46.2 Å². The number of hydrogen-bond donors (Lipinski definition) is 1. The molecular weight excluding hydrogens is 354 g/mol. The summed E-state index contributed by atoms with van der Waals surface area (Å²) in [4.78, 5) is 0. The highest BCUT2D eigenvalue weighted by atomic mass is 16.6. The predicted octanol–water partition coefficient (Wildman–Crippen LogP) is 5.10. The largest absolute Gasteiger partial charge is 0.379 e. The first-order valence-corrected chi connectivity index (χ1v) is 11.9. The molecule has 0 aliphatic rings. The van der Waals surface area contributed by atoms with Gasteiger partial charge in [-0.2, -0.15) is 0 Å². The highest BCUT2D eigenvalue weighted by Crippen LogP contribution is 2.12. The Bertz CT molecular complexity index is 241. The van der Waals surface area contributed by atoms with Crippen LogP contribution in [-0.4, -0.2) is 59.4 Å². The third kappa shape index (κ3) is 25.8.